The van der Waals surface area contributed by atoms with E-state index < -0.39 is 58.4 Å². The third-order valence-electron chi connectivity index (χ3n) is 10.3. The molecular weight excluding hydrogens is 645 g/mol. The molecule has 1 aromatic rings. The van der Waals surface area contributed by atoms with Crippen molar-refractivity contribution >= 4 is 58.5 Å². The lowest BCUT2D eigenvalue weighted by molar-refractivity contribution is -0.145. The van der Waals surface area contributed by atoms with E-state index in [1.807, 2.05) is 6.92 Å². The van der Waals surface area contributed by atoms with Crippen molar-refractivity contribution in [1.82, 2.24) is 25.8 Å². The molecule has 3 N–H and O–H groups in total. The predicted octanol–water partition coefficient (Wildman–Crippen LogP) is 2.75. The zero-order valence-corrected chi connectivity index (χ0v) is 28.7. The molecule has 6 atom stereocenters. The Morgan fingerprint density at radius 3 is 2.23 bits per heavy atom. The van der Waals surface area contributed by atoms with Crippen LogP contribution in [-0.2, 0) is 28.8 Å². The molecule has 1 unspecified atom stereocenters. The molecule has 3 aliphatic carbocycles. The average Bonchev–Trinajstić information content (AvgIpc) is 3.92. The van der Waals surface area contributed by atoms with Crippen LogP contribution in [0.3, 0.4) is 0 Å². The first-order valence-corrected chi connectivity index (χ1v) is 17.4. The molecule has 1 saturated heterocycles. The van der Waals surface area contributed by atoms with Crippen LogP contribution in [0.4, 0.5) is 0 Å². The minimum atomic E-state index is -1.14. The third-order valence-corrected chi connectivity index (χ3v) is 11.4. The van der Waals surface area contributed by atoms with Crippen molar-refractivity contribution < 1.29 is 28.8 Å². The molecule has 1 aliphatic heterocycles. The van der Waals surface area contributed by atoms with Crippen LogP contribution in [0, 0.1) is 29.6 Å². The van der Waals surface area contributed by atoms with Crippen molar-refractivity contribution in [3.63, 3.8) is 0 Å². The van der Waals surface area contributed by atoms with E-state index in [0.29, 0.717) is 5.56 Å². The van der Waals surface area contributed by atoms with Crippen molar-refractivity contribution in [2.75, 3.05) is 27.2 Å². The third kappa shape index (κ3) is 7.94. The van der Waals surface area contributed by atoms with Gasteiger partial charge in [0.2, 0.25) is 29.4 Å². The Morgan fingerprint density at radius 2 is 1.62 bits per heavy atom. The first-order valence-electron chi connectivity index (χ1n) is 16.7. The second-order valence-electron chi connectivity index (χ2n) is 13.9. The van der Waals surface area contributed by atoms with E-state index in [0.717, 1.165) is 44.9 Å². The molecule has 4 fully saturated rings. The van der Waals surface area contributed by atoms with Gasteiger partial charge in [-0.25, -0.2) is 0 Å². The topological polar surface area (TPSA) is 145 Å². The van der Waals surface area contributed by atoms with E-state index >= 15 is 0 Å². The smallest absolute Gasteiger partial charge is 0.290 e. The Hall–Kier alpha value is -3.18. The molecule has 256 valence electrons. The number of carbonyl (C=O) groups excluding carboxylic acids is 6. The van der Waals surface area contributed by atoms with Gasteiger partial charge in [-0.1, -0.05) is 69.4 Å². The quantitative estimate of drug-likeness (QED) is 0.215. The molecule has 4 aliphatic rings. The largest absolute Gasteiger partial charge is 0.347 e. The van der Waals surface area contributed by atoms with E-state index in [4.69, 9.17) is 23.2 Å². The number of likely N-dealkylation sites (N-methyl/N-ethyl adjacent to an activating group) is 1. The zero-order chi connectivity index (χ0) is 34.0. The van der Waals surface area contributed by atoms with Crippen LogP contribution in [0.5, 0.6) is 0 Å². The van der Waals surface area contributed by atoms with Gasteiger partial charge in [0.25, 0.3) is 5.91 Å². The van der Waals surface area contributed by atoms with E-state index in [-0.39, 0.29) is 48.5 Å². The van der Waals surface area contributed by atoms with Crippen LogP contribution >= 0.6 is 23.2 Å². The number of Topliss-reactive ketones (excluding diaryl/α,β-unsaturated/α-hetero) is 1. The standard InChI is InChI=1S/C34H45Cl2N5O6/c1-19(21-10-6-4-7-11-21)32(46)41-18-23-26(34(23,35)36)28(41)30(44)38-24(16-20-14-15-20)29(43)31(45)37-17-25(42)39-27(33(47)40(2)3)22-12-8-5-9-13-22/h5,8-9,12-13,19-21,23-24,26-28H,4,6-7,10-11,14-18H2,1-3H3,(H,37,45)(H,38,44)(H,39,42)/t19-,23-,24?,26-,27-,28-/m0/s1. The predicted molar refractivity (Wildman–Crippen MR) is 176 cm³/mol. The van der Waals surface area contributed by atoms with Crippen molar-refractivity contribution in [2.24, 2.45) is 29.6 Å². The molecule has 1 aromatic carbocycles. The van der Waals surface area contributed by atoms with Crippen LogP contribution in [0.1, 0.15) is 69.9 Å². The number of benzene rings is 1. The number of carbonyl (C=O) groups is 6. The number of nitrogens with one attached hydrogen (secondary N) is 3. The average molecular weight is 691 g/mol. The number of rotatable bonds is 13. The van der Waals surface area contributed by atoms with Gasteiger partial charge in [0.05, 0.1) is 12.6 Å². The fraction of sp³-hybridized carbons (Fsp3) is 0.647. The van der Waals surface area contributed by atoms with Gasteiger partial charge in [-0.15, -0.1) is 23.2 Å². The van der Waals surface area contributed by atoms with Crippen LogP contribution in [0.2, 0.25) is 0 Å². The van der Waals surface area contributed by atoms with E-state index in [9.17, 15) is 28.8 Å². The first-order chi connectivity index (χ1) is 22.3. The van der Waals surface area contributed by atoms with Crippen LogP contribution in [0.15, 0.2) is 30.3 Å². The Balaban J connectivity index is 1.22. The fourth-order valence-electron chi connectivity index (χ4n) is 7.22. The van der Waals surface area contributed by atoms with Gasteiger partial charge in [0.1, 0.15) is 16.4 Å². The first kappa shape index (κ1) is 35.1. The summed E-state index contributed by atoms with van der Waals surface area (Å²) >= 11 is 13.1. The molecule has 11 nitrogen and oxygen atoms in total. The SMILES string of the molecule is C[C@H](C(=O)N1C[C@H]2[C@@H]([C@H]1C(=O)NC(CC1CC1)C(=O)C(=O)NCC(=O)N[C@H](C(=O)N(C)C)c1ccccc1)C2(Cl)Cl)C1CCCCC1. The summed E-state index contributed by atoms with van der Waals surface area (Å²) in [5.41, 5.74) is 0.567. The lowest BCUT2D eigenvalue weighted by Crippen LogP contribution is -2.56. The lowest BCUT2D eigenvalue weighted by Gasteiger charge is -2.35. The summed E-state index contributed by atoms with van der Waals surface area (Å²) in [5.74, 6) is -4.14. The van der Waals surface area contributed by atoms with Gasteiger partial charge in [-0.3, -0.25) is 28.8 Å². The summed E-state index contributed by atoms with van der Waals surface area (Å²) in [7, 11) is 3.14. The summed E-state index contributed by atoms with van der Waals surface area (Å²) in [6.45, 7) is 1.64. The highest BCUT2D eigenvalue weighted by Crippen LogP contribution is 2.65. The normalized spacial score (nSPS) is 25.0. The number of hydrogen-bond acceptors (Lipinski definition) is 6. The van der Waals surface area contributed by atoms with Gasteiger partial charge < -0.3 is 25.8 Å². The Morgan fingerprint density at radius 1 is 0.957 bits per heavy atom. The number of nitrogens with zero attached hydrogens (tertiary/aromatic N) is 2. The summed E-state index contributed by atoms with van der Waals surface area (Å²) in [6.07, 6.45) is 7.28. The van der Waals surface area contributed by atoms with Gasteiger partial charge >= 0.3 is 0 Å². The maximum Gasteiger partial charge on any atom is 0.290 e. The minimum Gasteiger partial charge on any atom is -0.347 e. The molecule has 3 saturated carbocycles. The lowest BCUT2D eigenvalue weighted by atomic mass is 9.80. The summed E-state index contributed by atoms with van der Waals surface area (Å²) in [4.78, 5) is 82.5. The van der Waals surface area contributed by atoms with Crippen molar-refractivity contribution in [3.8, 4) is 0 Å². The number of hydrogen-bond donors (Lipinski definition) is 3. The van der Waals surface area contributed by atoms with Gasteiger partial charge in [0.15, 0.2) is 0 Å². The Labute approximate surface area is 285 Å². The summed E-state index contributed by atoms with van der Waals surface area (Å²) < 4.78 is -1.14. The second-order valence-corrected chi connectivity index (χ2v) is 15.3. The van der Waals surface area contributed by atoms with Crippen LogP contribution in [-0.4, -0.2) is 88.7 Å². The maximum atomic E-state index is 13.9. The zero-order valence-electron chi connectivity index (χ0n) is 27.2. The second kappa shape index (κ2) is 14.5. The maximum absolute atomic E-state index is 13.9. The molecular formula is C34H45Cl2N5O6. The highest BCUT2D eigenvalue weighted by atomic mass is 35.5. The number of amides is 5. The number of piperidine rings is 1. The number of likely N-dealkylation sites (tertiary alicyclic amines) is 1. The Bertz CT molecular complexity index is 1380. The molecule has 0 aromatic heterocycles. The molecule has 0 spiro atoms. The number of fused-ring (bicyclic) bond motifs is 1. The van der Waals surface area contributed by atoms with Crippen LogP contribution < -0.4 is 16.0 Å². The molecule has 5 amide bonds. The fourth-order valence-corrected chi connectivity index (χ4v) is 8.04. The van der Waals surface area contributed by atoms with E-state index in [1.54, 1.807) is 49.3 Å². The Kier molecular flexibility index (Phi) is 10.9. The minimum absolute atomic E-state index is 0.108. The van der Waals surface area contributed by atoms with E-state index in [1.165, 1.54) is 4.90 Å². The molecule has 5 rings (SSSR count). The number of alkyl halides is 2. The highest BCUT2D eigenvalue weighted by molar-refractivity contribution is 6.51. The van der Waals surface area contributed by atoms with Crippen molar-refractivity contribution in [1.29, 1.82) is 0 Å². The van der Waals surface area contributed by atoms with Gasteiger partial charge in [-0.2, -0.15) is 0 Å². The molecule has 13 heteroatoms. The molecule has 0 bridgehead atoms. The number of halogens is 2. The molecule has 1 heterocycles. The van der Waals surface area contributed by atoms with E-state index in [2.05, 4.69) is 16.0 Å². The summed E-state index contributed by atoms with van der Waals surface area (Å²) in [6, 6.07) is 5.62. The van der Waals surface area contributed by atoms with Crippen LogP contribution in [0.25, 0.3) is 0 Å². The molecule has 47 heavy (non-hydrogen) atoms. The van der Waals surface area contributed by atoms with Crippen molar-refractivity contribution in [3.05, 3.63) is 35.9 Å². The monoisotopic (exact) mass is 689 g/mol. The van der Waals surface area contributed by atoms with Crippen molar-refractivity contribution in [2.45, 2.75) is 80.7 Å². The van der Waals surface area contributed by atoms with Gasteiger partial charge in [0, 0.05) is 38.4 Å². The van der Waals surface area contributed by atoms with Gasteiger partial charge in [-0.05, 0) is 36.7 Å². The molecule has 0 radical (unpaired) electrons. The number of ketones is 1. The highest BCUT2D eigenvalue weighted by Gasteiger charge is 2.74. The summed E-state index contributed by atoms with van der Waals surface area (Å²) in [5, 5.41) is 7.74.